The van der Waals surface area contributed by atoms with Gasteiger partial charge in [-0.1, -0.05) is 24.3 Å². The number of allylic oxidation sites excluding steroid dienone is 2. The number of likely N-dealkylation sites (tertiary alicyclic amines) is 1. The maximum absolute atomic E-state index is 12.5. The minimum atomic E-state index is -0.987. The Labute approximate surface area is 156 Å². The maximum atomic E-state index is 12.5. The van der Waals surface area contributed by atoms with Crippen LogP contribution < -0.4 is 0 Å². The molecule has 1 aliphatic heterocycles. The van der Waals surface area contributed by atoms with E-state index in [1.807, 2.05) is 12.2 Å². The molecular weight excluding hydrogens is 350 g/mol. The molecule has 0 radical (unpaired) electrons. The second-order valence-electron chi connectivity index (χ2n) is 6.68. The molecule has 1 aliphatic carbocycles. The third-order valence-corrected chi connectivity index (χ3v) is 5.00. The van der Waals surface area contributed by atoms with Crippen LogP contribution in [0.2, 0.25) is 0 Å². The topological polar surface area (TPSA) is 90.0 Å². The highest BCUT2D eigenvalue weighted by molar-refractivity contribution is 6.08. The highest BCUT2D eigenvalue weighted by Gasteiger charge is 2.50. The fourth-order valence-corrected chi connectivity index (χ4v) is 3.49. The fraction of sp³-hybridized carbons (Fsp3) is 0.400. The number of imide groups is 1. The summed E-state index contributed by atoms with van der Waals surface area (Å²) in [6.07, 6.45) is 4.84. The molecule has 2 aliphatic rings. The molecule has 27 heavy (non-hydrogen) atoms. The Balaban J connectivity index is 1.64. The van der Waals surface area contributed by atoms with Crippen LogP contribution in [0.3, 0.4) is 0 Å². The Morgan fingerprint density at radius 2 is 1.78 bits per heavy atom. The van der Waals surface area contributed by atoms with Gasteiger partial charge in [-0.15, -0.1) is 0 Å². The van der Waals surface area contributed by atoms with E-state index < -0.39 is 18.0 Å². The van der Waals surface area contributed by atoms with Gasteiger partial charge in [0.25, 0.3) is 0 Å². The van der Waals surface area contributed by atoms with E-state index in [1.54, 1.807) is 24.3 Å². The predicted octanol–water partition coefficient (Wildman–Crippen LogP) is 1.86. The standard InChI is InChI=1S/C20H21NO6/c1-12(21-17(22)15-8-3-4-9-16(15)18(21)23)19(24)27-11-13-6-5-7-14(10-13)20(25)26-2/h3-7,10,12,15-16H,8-9,11H2,1-2H3/t12-,15-,16+/m1/s1. The van der Waals surface area contributed by atoms with E-state index in [0.29, 0.717) is 24.0 Å². The van der Waals surface area contributed by atoms with E-state index >= 15 is 0 Å². The molecule has 1 heterocycles. The molecule has 7 nitrogen and oxygen atoms in total. The van der Waals surface area contributed by atoms with Crippen molar-refractivity contribution in [1.82, 2.24) is 4.90 Å². The highest BCUT2D eigenvalue weighted by atomic mass is 16.5. The number of hydrogen-bond acceptors (Lipinski definition) is 6. The number of carbonyl (C=O) groups excluding carboxylic acids is 4. The molecule has 142 valence electrons. The lowest BCUT2D eigenvalue weighted by atomic mass is 9.85. The molecule has 0 unspecified atom stereocenters. The van der Waals surface area contributed by atoms with E-state index in [2.05, 4.69) is 4.74 Å². The third-order valence-electron chi connectivity index (χ3n) is 5.00. The Bertz CT molecular complexity index is 788. The smallest absolute Gasteiger partial charge is 0.337 e. The van der Waals surface area contributed by atoms with Gasteiger partial charge in [0.1, 0.15) is 12.6 Å². The Morgan fingerprint density at radius 3 is 2.37 bits per heavy atom. The fourth-order valence-electron chi connectivity index (χ4n) is 3.49. The number of rotatable bonds is 5. The Hall–Kier alpha value is -2.96. The lowest BCUT2D eigenvalue weighted by Crippen LogP contribution is -2.44. The summed E-state index contributed by atoms with van der Waals surface area (Å²) in [5.41, 5.74) is 0.955. The molecule has 3 rings (SSSR count). The molecule has 2 amide bonds. The summed E-state index contributed by atoms with van der Waals surface area (Å²) in [6, 6.07) is 5.54. The summed E-state index contributed by atoms with van der Waals surface area (Å²) in [4.78, 5) is 50.1. The molecule has 1 saturated heterocycles. The Morgan fingerprint density at radius 1 is 1.15 bits per heavy atom. The quantitative estimate of drug-likeness (QED) is 0.446. The first kappa shape index (κ1) is 18.8. The van der Waals surface area contributed by atoms with Crippen LogP contribution in [-0.4, -0.2) is 41.8 Å². The Kier molecular flexibility index (Phi) is 5.39. The predicted molar refractivity (Wildman–Crippen MR) is 94.2 cm³/mol. The van der Waals surface area contributed by atoms with E-state index in [4.69, 9.17) is 4.74 Å². The summed E-state index contributed by atoms with van der Waals surface area (Å²) in [6.45, 7) is 1.42. The minimum absolute atomic E-state index is 0.0708. The van der Waals surface area contributed by atoms with Crippen molar-refractivity contribution in [1.29, 1.82) is 0 Å². The zero-order valence-electron chi connectivity index (χ0n) is 15.2. The van der Waals surface area contributed by atoms with Crippen molar-refractivity contribution in [3.05, 3.63) is 47.5 Å². The molecule has 1 fully saturated rings. The largest absolute Gasteiger partial charge is 0.465 e. The van der Waals surface area contributed by atoms with Gasteiger partial charge in [0.15, 0.2) is 0 Å². The number of methoxy groups -OCH3 is 1. The molecule has 3 atom stereocenters. The van der Waals surface area contributed by atoms with Crippen LogP contribution in [0, 0.1) is 11.8 Å². The molecule has 7 heteroatoms. The molecule has 1 aromatic carbocycles. The third kappa shape index (κ3) is 3.63. The van der Waals surface area contributed by atoms with Gasteiger partial charge in [0.05, 0.1) is 24.5 Å². The summed E-state index contributed by atoms with van der Waals surface area (Å²) in [5, 5.41) is 0. The van der Waals surface area contributed by atoms with Gasteiger partial charge < -0.3 is 9.47 Å². The lowest BCUT2D eigenvalue weighted by Gasteiger charge is -2.21. The maximum Gasteiger partial charge on any atom is 0.337 e. The first-order chi connectivity index (χ1) is 12.9. The number of esters is 2. The van der Waals surface area contributed by atoms with Crippen molar-refractivity contribution >= 4 is 23.8 Å². The van der Waals surface area contributed by atoms with Crippen LogP contribution in [0.5, 0.6) is 0 Å². The number of amides is 2. The number of fused-ring (bicyclic) bond motifs is 1. The van der Waals surface area contributed by atoms with E-state index in [0.717, 1.165) is 4.90 Å². The van der Waals surface area contributed by atoms with Crippen molar-refractivity contribution in [3.8, 4) is 0 Å². The summed E-state index contributed by atoms with van der Waals surface area (Å²) in [5.74, 6) is -2.53. The molecule has 0 spiro atoms. The highest BCUT2D eigenvalue weighted by Crippen LogP contribution is 2.36. The molecule has 1 aromatic rings. The minimum Gasteiger partial charge on any atom is -0.465 e. The molecular formula is C20H21NO6. The number of benzene rings is 1. The monoisotopic (exact) mass is 371 g/mol. The number of ether oxygens (including phenoxy) is 2. The molecule has 0 aromatic heterocycles. The van der Waals surface area contributed by atoms with Crippen LogP contribution in [0.4, 0.5) is 0 Å². The van der Waals surface area contributed by atoms with Crippen LogP contribution in [0.25, 0.3) is 0 Å². The summed E-state index contributed by atoms with van der Waals surface area (Å²) >= 11 is 0. The van der Waals surface area contributed by atoms with E-state index in [1.165, 1.54) is 14.0 Å². The van der Waals surface area contributed by atoms with Gasteiger partial charge in [0, 0.05) is 0 Å². The van der Waals surface area contributed by atoms with Crippen LogP contribution in [-0.2, 0) is 30.5 Å². The molecule has 0 bridgehead atoms. The molecule has 0 N–H and O–H groups in total. The number of hydrogen-bond donors (Lipinski definition) is 0. The van der Waals surface area contributed by atoms with Gasteiger partial charge in [-0.3, -0.25) is 14.5 Å². The summed E-state index contributed by atoms with van der Waals surface area (Å²) < 4.78 is 9.93. The van der Waals surface area contributed by atoms with Crippen LogP contribution in [0.15, 0.2) is 36.4 Å². The summed E-state index contributed by atoms with van der Waals surface area (Å²) in [7, 11) is 1.29. The van der Waals surface area contributed by atoms with Crippen LogP contribution in [0.1, 0.15) is 35.7 Å². The first-order valence-electron chi connectivity index (χ1n) is 8.80. The normalized spacial score (nSPS) is 22.4. The van der Waals surface area contributed by atoms with Crippen molar-refractivity contribution in [2.24, 2.45) is 11.8 Å². The first-order valence-corrected chi connectivity index (χ1v) is 8.80. The van der Waals surface area contributed by atoms with Crippen LogP contribution >= 0.6 is 0 Å². The van der Waals surface area contributed by atoms with Crippen molar-refractivity contribution in [2.45, 2.75) is 32.4 Å². The van der Waals surface area contributed by atoms with Crippen molar-refractivity contribution < 1.29 is 28.7 Å². The average Bonchev–Trinajstić information content (AvgIpc) is 2.96. The van der Waals surface area contributed by atoms with E-state index in [9.17, 15) is 19.2 Å². The number of nitrogens with zero attached hydrogens (tertiary/aromatic N) is 1. The average molecular weight is 371 g/mol. The molecule has 0 saturated carbocycles. The van der Waals surface area contributed by atoms with E-state index in [-0.39, 0.29) is 30.3 Å². The van der Waals surface area contributed by atoms with Gasteiger partial charge >= 0.3 is 11.9 Å². The zero-order valence-corrected chi connectivity index (χ0v) is 15.2. The second kappa shape index (κ2) is 7.73. The zero-order chi connectivity index (χ0) is 19.6. The van der Waals surface area contributed by atoms with Gasteiger partial charge in [0.2, 0.25) is 11.8 Å². The second-order valence-corrected chi connectivity index (χ2v) is 6.68. The SMILES string of the molecule is COC(=O)c1cccc(COC(=O)[C@@H](C)N2C(=O)[C@H]3CC=CC[C@H]3C2=O)c1. The van der Waals surface area contributed by atoms with Crippen molar-refractivity contribution in [3.63, 3.8) is 0 Å². The number of carbonyl (C=O) groups is 4. The lowest BCUT2D eigenvalue weighted by molar-refractivity contribution is -0.159. The van der Waals surface area contributed by atoms with Gasteiger partial charge in [-0.25, -0.2) is 9.59 Å². The van der Waals surface area contributed by atoms with Gasteiger partial charge in [-0.2, -0.15) is 0 Å². The van der Waals surface area contributed by atoms with Gasteiger partial charge in [-0.05, 0) is 37.5 Å². The van der Waals surface area contributed by atoms with Crippen molar-refractivity contribution in [2.75, 3.05) is 7.11 Å².